The van der Waals surface area contributed by atoms with Gasteiger partial charge in [-0.1, -0.05) is 48.5 Å². The number of benzene rings is 2. The Labute approximate surface area is 123 Å². The fourth-order valence-corrected chi connectivity index (χ4v) is 2.69. The number of carbonyl (C=O) groups is 2. The number of nitrogens with two attached hydrogens (primary N) is 1. The van der Waals surface area contributed by atoms with Gasteiger partial charge in [-0.05, 0) is 18.1 Å². The van der Waals surface area contributed by atoms with E-state index >= 15 is 0 Å². The van der Waals surface area contributed by atoms with Crippen LogP contribution >= 0.6 is 0 Å². The number of allylic oxidation sites excluding steroid dienone is 2. The van der Waals surface area contributed by atoms with Gasteiger partial charge in [-0.3, -0.25) is 9.59 Å². The quantitative estimate of drug-likeness (QED) is 0.918. The summed E-state index contributed by atoms with van der Waals surface area (Å²) in [6, 6.07) is 14.8. The predicted molar refractivity (Wildman–Crippen MR) is 81.2 cm³/mol. The zero-order chi connectivity index (χ0) is 15.0. The van der Waals surface area contributed by atoms with Crippen LogP contribution in [0.2, 0.25) is 0 Å². The minimum Gasteiger partial charge on any atom is -0.395 e. The number of hydrogen-bond donors (Lipinski definition) is 1. The van der Waals surface area contributed by atoms with Gasteiger partial charge >= 0.3 is 0 Å². The lowest BCUT2D eigenvalue weighted by molar-refractivity contribution is 0.0971. The van der Waals surface area contributed by atoms with E-state index in [9.17, 15) is 9.59 Å². The first kappa shape index (κ1) is 13.3. The lowest BCUT2D eigenvalue weighted by atomic mass is 9.83. The monoisotopic (exact) mass is 277 g/mol. The van der Waals surface area contributed by atoms with E-state index in [1.807, 2.05) is 43.3 Å². The number of fused-ring (bicyclic) bond motifs is 1. The van der Waals surface area contributed by atoms with Crippen LogP contribution in [0.15, 0.2) is 59.8 Å². The molecule has 0 radical (unpaired) electrons. The molecule has 0 heterocycles. The number of rotatable bonds is 2. The molecule has 3 rings (SSSR count). The van der Waals surface area contributed by atoms with Crippen molar-refractivity contribution in [1.29, 1.82) is 0 Å². The van der Waals surface area contributed by atoms with Crippen LogP contribution in [0.5, 0.6) is 0 Å². The minimum absolute atomic E-state index is 0.0713. The zero-order valence-electron chi connectivity index (χ0n) is 11.7. The van der Waals surface area contributed by atoms with E-state index < -0.39 is 0 Å². The normalized spacial score (nSPS) is 14.3. The maximum Gasteiger partial charge on any atom is 0.209 e. The van der Waals surface area contributed by atoms with Crippen molar-refractivity contribution in [3.05, 3.63) is 82.1 Å². The molecule has 2 aromatic rings. The highest BCUT2D eigenvalue weighted by atomic mass is 16.1. The second-order valence-corrected chi connectivity index (χ2v) is 5.21. The molecule has 3 nitrogen and oxygen atoms in total. The Kier molecular flexibility index (Phi) is 3.18. The highest BCUT2D eigenvalue weighted by Crippen LogP contribution is 2.28. The molecule has 21 heavy (non-hydrogen) atoms. The van der Waals surface area contributed by atoms with Crippen LogP contribution in [-0.4, -0.2) is 11.6 Å². The average molecular weight is 277 g/mol. The molecule has 2 N–H and O–H groups in total. The Morgan fingerprint density at radius 1 is 0.905 bits per heavy atom. The van der Waals surface area contributed by atoms with Crippen molar-refractivity contribution in [1.82, 2.24) is 0 Å². The van der Waals surface area contributed by atoms with Crippen molar-refractivity contribution < 1.29 is 9.59 Å². The Balaban J connectivity index is 2.10. The van der Waals surface area contributed by atoms with Gasteiger partial charge in [-0.15, -0.1) is 0 Å². The zero-order valence-corrected chi connectivity index (χ0v) is 11.7. The van der Waals surface area contributed by atoms with Gasteiger partial charge in [-0.25, -0.2) is 0 Å². The molecule has 0 atom stereocenters. The average Bonchev–Trinajstić information content (AvgIpc) is 2.50. The molecule has 0 saturated heterocycles. The number of Topliss-reactive ketones (excluding diaryl/α,β-unsaturated/α-hetero) is 2. The van der Waals surface area contributed by atoms with Gasteiger partial charge in [0, 0.05) is 23.1 Å². The number of aryl methyl sites for hydroxylation is 1. The second kappa shape index (κ2) is 5.02. The molecular formula is C18H15NO2. The summed E-state index contributed by atoms with van der Waals surface area (Å²) < 4.78 is 0. The third-order valence-corrected chi connectivity index (χ3v) is 3.81. The third-order valence-electron chi connectivity index (χ3n) is 3.81. The van der Waals surface area contributed by atoms with E-state index in [1.165, 1.54) is 0 Å². The summed E-state index contributed by atoms with van der Waals surface area (Å²) in [6.07, 6.45) is 0.380. The standard InChI is InChI=1S/C18H15NO2/c1-11-6-5-9-13-15(11)17(20)14(16(19)18(13)21)10-12-7-3-2-4-8-12/h2-9H,10,19H2,1H3. The molecule has 104 valence electrons. The summed E-state index contributed by atoms with van der Waals surface area (Å²) in [7, 11) is 0. The number of carbonyl (C=O) groups excluding carboxylic acids is 2. The van der Waals surface area contributed by atoms with Gasteiger partial charge in [0.15, 0.2) is 5.78 Å². The van der Waals surface area contributed by atoms with E-state index in [0.717, 1.165) is 11.1 Å². The molecule has 0 spiro atoms. The van der Waals surface area contributed by atoms with E-state index in [4.69, 9.17) is 5.73 Å². The van der Waals surface area contributed by atoms with Gasteiger partial charge < -0.3 is 5.73 Å². The van der Waals surface area contributed by atoms with Crippen LogP contribution in [-0.2, 0) is 6.42 Å². The molecule has 1 aliphatic carbocycles. The molecule has 0 unspecified atom stereocenters. The predicted octanol–water partition coefficient (Wildman–Crippen LogP) is 2.83. The summed E-state index contributed by atoms with van der Waals surface area (Å²) in [6.45, 7) is 1.84. The van der Waals surface area contributed by atoms with Crippen LogP contribution in [0.1, 0.15) is 31.8 Å². The lowest BCUT2D eigenvalue weighted by Gasteiger charge is -2.20. The first-order valence-electron chi connectivity index (χ1n) is 6.81. The molecule has 0 aromatic heterocycles. The van der Waals surface area contributed by atoms with E-state index in [2.05, 4.69) is 0 Å². The first-order chi connectivity index (χ1) is 10.1. The van der Waals surface area contributed by atoms with Crippen molar-refractivity contribution in [2.45, 2.75) is 13.3 Å². The summed E-state index contributed by atoms with van der Waals surface area (Å²) in [5.74, 6) is -0.386. The molecule has 1 aliphatic rings. The third kappa shape index (κ3) is 2.17. The van der Waals surface area contributed by atoms with Gasteiger partial charge in [-0.2, -0.15) is 0 Å². The van der Waals surface area contributed by atoms with Crippen molar-refractivity contribution in [2.75, 3.05) is 0 Å². The van der Waals surface area contributed by atoms with E-state index in [1.54, 1.807) is 12.1 Å². The van der Waals surface area contributed by atoms with Crippen molar-refractivity contribution in [3.63, 3.8) is 0 Å². The maximum absolute atomic E-state index is 12.7. The van der Waals surface area contributed by atoms with Gasteiger partial charge in [0.05, 0.1) is 5.70 Å². The molecule has 0 fully saturated rings. The Morgan fingerprint density at radius 3 is 2.33 bits per heavy atom. The molecular weight excluding hydrogens is 262 g/mol. The fourth-order valence-electron chi connectivity index (χ4n) is 2.69. The van der Waals surface area contributed by atoms with Crippen LogP contribution in [0.3, 0.4) is 0 Å². The Bertz CT molecular complexity index is 773. The minimum atomic E-state index is -0.251. The van der Waals surface area contributed by atoms with Crippen molar-refractivity contribution in [3.8, 4) is 0 Å². The first-order valence-corrected chi connectivity index (χ1v) is 6.81. The van der Waals surface area contributed by atoms with Gasteiger partial charge in [0.2, 0.25) is 5.78 Å². The lowest BCUT2D eigenvalue weighted by Crippen LogP contribution is -2.28. The van der Waals surface area contributed by atoms with E-state index in [-0.39, 0.29) is 17.3 Å². The molecule has 2 aromatic carbocycles. The highest BCUT2D eigenvalue weighted by molar-refractivity contribution is 6.27. The number of hydrogen-bond acceptors (Lipinski definition) is 3. The van der Waals surface area contributed by atoms with Crippen LogP contribution < -0.4 is 5.73 Å². The Morgan fingerprint density at radius 2 is 1.62 bits per heavy atom. The van der Waals surface area contributed by atoms with Crippen LogP contribution in [0.25, 0.3) is 0 Å². The summed E-state index contributed by atoms with van der Waals surface area (Å²) >= 11 is 0. The smallest absolute Gasteiger partial charge is 0.209 e. The summed E-state index contributed by atoms with van der Waals surface area (Å²) in [5, 5.41) is 0. The largest absolute Gasteiger partial charge is 0.395 e. The van der Waals surface area contributed by atoms with Gasteiger partial charge in [0.1, 0.15) is 0 Å². The highest BCUT2D eigenvalue weighted by Gasteiger charge is 2.31. The van der Waals surface area contributed by atoms with E-state index in [0.29, 0.717) is 23.1 Å². The molecule has 0 aliphatic heterocycles. The van der Waals surface area contributed by atoms with Crippen molar-refractivity contribution in [2.24, 2.45) is 5.73 Å². The van der Waals surface area contributed by atoms with Crippen molar-refractivity contribution >= 4 is 11.6 Å². The molecule has 0 amide bonds. The SMILES string of the molecule is Cc1cccc2c1C(=O)C(Cc1ccccc1)=C(N)C2=O. The van der Waals surface area contributed by atoms with Crippen LogP contribution in [0.4, 0.5) is 0 Å². The fraction of sp³-hybridized carbons (Fsp3) is 0.111. The Hall–Kier alpha value is -2.68. The van der Waals surface area contributed by atoms with Gasteiger partial charge in [0.25, 0.3) is 0 Å². The van der Waals surface area contributed by atoms with Crippen LogP contribution in [0, 0.1) is 6.92 Å². The summed E-state index contributed by atoms with van der Waals surface area (Å²) in [4.78, 5) is 25.1. The topological polar surface area (TPSA) is 60.2 Å². The second-order valence-electron chi connectivity index (χ2n) is 5.21. The number of ketones is 2. The molecule has 3 heteroatoms. The maximum atomic E-state index is 12.7. The summed E-state index contributed by atoms with van der Waals surface area (Å²) in [5.41, 5.74) is 9.08. The molecule has 0 bridgehead atoms. The molecule has 0 saturated carbocycles.